The first kappa shape index (κ1) is 14.8. The van der Waals surface area contributed by atoms with E-state index in [1.54, 1.807) is 35.7 Å². The van der Waals surface area contributed by atoms with Crippen LogP contribution in [0.15, 0.2) is 41.4 Å². The molecule has 0 spiro atoms. The summed E-state index contributed by atoms with van der Waals surface area (Å²) in [5.41, 5.74) is 1.81. The number of imidazole rings is 1. The van der Waals surface area contributed by atoms with Crippen molar-refractivity contribution in [1.29, 1.82) is 0 Å². The fraction of sp³-hybridized carbons (Fsp3) is 0.308. The van der Waals surface area contributed by atoms with Gasteiger partial charge in [0.25, 0.3) is 0 Å². The van der Waals surface area contributed by atoms with Gasteiger partial charge in [0, 0.05) is 30.5 Å². The molecule has 106 valence electrons. The van der Waals surface area contributed by atoms with E-state index in [2.05, 4.69) is 14.3 Å². The number of rotatable bonds is 2. The molecule has 2 aromatic rings. The van der Waals surface area contributed by atoms with Crippen LogP contribution in [0.1, 0.15) is 23.4 Å². The van der Waals surface area contributed by atoms with Gasteiger partial charge in [0.05, 0.1) is 15.0 Å². The third-order valence-corrected chi connectivity index (χ3v) is 5.58. The van der Waals surface area contributed by atoms with Crippen molar-refractivity contribution in [2.45, 2.75) is 19.1 Å². The molecule has 5 nitrogen and oxygen atoms in total. The van der Waals surface area contributed by atoms with Crippen molar-refractivity contribution < 1.29 is 4.21 Å². The van der Waals surface area contributed by atoms with Crippen molar-refractivity contribution in [3.05, 3.63) is 48.3 Å². The zero-order chi connectivity index (χ0) is 14.8. The largest absolute Gasteiger partial charge is 0.281 e. The molecule has 0 amide bonds. The van der Waals surface area contributed by atoms with Gasteiger partial charge in [-0.05, 0) is 37.7 Å². The van der Waals surface area contributed by atoms with Crippen LogP contribution in [0.25, 0.3) is 0 Å². The second kappa shape index (κ2) is 5.80. The predicted octanol–water partition coefficient (Wildman–Crippen LogP) is 2.58. The maximum atomic E-state index is 12.8. The Morgan fingerprint density at radius 2 is 2.25 bits per heavy atom. The predicted molar refractivity (Wildman–Crippen MR) is 84.1 cm³/mol. The van der Waals surface area contributed by atoms with Gasteiger partial charge >= 0.3 is 0 Å². The first-order chi connectivity index (χ1) is 9.40. The Hall–Kier alpha value is -1.60. The van der Waals surface area contributed by atoms with Gasteiger partial charge in [-0.1, -0.05) is 6.07 Å². The highest BCUT2D eigenvalue weighted by Crippen LogP contribution is 2.22. The van der Waals surface area contributed by atoms with Crippen LogP contribution in [0.5, 0.6) is 0 Å². The van der Waals surface area contributed by atoms with E-state index in [4.69, 9.17) is 12.2 Å². The molecule has 0 aliphatic carbocycles. The fourth-order valence-electron chi connectivity index (χ4n) is 1.63. The Balaban J connectivity index is 2.32. The third-order valence-electron chi connectivity index (χ3n) is 3.04. The summed E-state index contributed by atoms with van der Waals surface area (Å²) in [6, 6.07) is 3.82. The number of hydrogen-bond donors (Lipinski definition) is 0. The monoisotopic (exact) mass is 308 g/mol. The van der Waals surface area contributed by atoms with Gasteiger partial charge in [-0.15, -0.1) is 0 Å². The SMILES string of the molecule is Cc1ccc(C(C)S(C)(=O)=NC(=S)n2ccnc2)cn1. The lowest BCUT2D eigenvalue weighted by Gasteiger charge is -2.14. The van der Waals surface area contributed by atoms with Crippen LogP contribution in [0.4, 0.5) is 0 Å². The molecule has 0 bridgehead atoms. The van der Waals surface area contributed by atoms with Crippen LogP contribution in [-0.2, 0) is 9.73 Å². The number of pyridine rings is 1. The molecule has 2 heterocycles. The van der Waals surface area contributed by atoms with Crippen molar-refractivity contribution in [3.8, 4) is 0 Å². The summed E-state index contributed by atoms with van der Waals surface area (Å²) < 4.78 is 18.5. The van der Waals surface area contributed by atoms with Crippen molar-refractivity contribution in [3.63, 3.8) is 0 Å². The van der Waals surface area contributed by atoms with E-state index in [0.717, 1.165) is 11.3 Å². The van der Waals surface area contributed by atoms with E-state index in [1.807, 2.05) is 26.0 Å². The van der Waals surface area contributed by atoms with E-state index in [9.17, 15) is 4.21 Å². The average Bonchev–Trinajstić information content (AvgIpc) is 2.92. The molecule has 2 aromatic heterocycles. The van der Waals surface area contributed by atoms with Crippen LogP contribution >= 0.6 is 12.2 Å². The molecule has 0 radical (unpaired) electrons. The third kappa shape index (κ3) is 3.29. The van der Waals surface area contributed by atoms with E-state index in [-0.39, 0.29) is 10.4 Å². The van der Waals surface area contributed by atoms with E-state index >= 15 is 0 Å². The molecule has 0 aliphatic heterocycles. The highest BCUT2D eigenvalue weighted by atomic mass is 32.2. The molecule has 7 heteroatoms. The number of aromatic nitrogens is 3. The highest BCUT2D eigenvalue weighted by molar-refractivity contribution is 7.94. The van der Waals surface area contributed by atoms with Crippen molar-refractivity contribution in [2.75, 3.05) is 6.26 Å². The molecule has 0 saturated carbocycles. The molecule has 0 fully saturated rings. The van der Waals surface area contributed by atoms with Crippen molar-refractivity contribution in [1.82, 2.24) is 14.5 Å². The van der Waals surface area contributed by atoms with E-state index in [0.29, 0.717) is 0 Å². The summed E-state index contributed by atoms with van der Waals surface area (Å²) in [5.74, 6) is 0. The molecule has 0 saturated heterocycles. The Morgan fingerprint density at radius 1 is 1.50 bits per heavy atom. The lowest BCUT2D eigenvalue weighted by atomic mass is 10.2. The van der Waals surface area contributed by atoms with E-state index < -0.39 is 9.73 Å². The quantitative estimate of drug-likeness (QED) is 0.800. The molecule has 0 aliphatic rings. The molecule has 2 unspecified atom stereocenters. The van der Waals surface area contributed by atoms with Gasteiger partial charge in [0.2, 0.25) is 5.11 Å². The number of nitrogens with zero attached hydrogens (tertiary/aromatic N) is 4. The maximum Gasteiger partial charge on any atom is 0.213 e. The van der Waals surface area contributed by atoms with Crippen LogP contribution in [0, 0.1) is 6.92 Å². The molecular weight excluding hydrogens is 292 g/mol. The summed E-state index contributed by atoms with van der Waals surface area (Å²) in [4.78, 5) is 8.13. The minimum Gasteiger partial charge on any atom is -0.281 e. The Bertz CT molecular complexity index is 713. The van der Waals surface area contributed by atoms with Gasteiger partial charge in [-0.2, -0.15) is 4.36 Å². The summed E-state index contributed by atoms with van der Waals surface area (Å²) in [5, 5.41) is -0.000933. The Morgan fingerprint density at radius 3 is 2.80 bits per heavy atom. The lowest BCUT2D eigenvalue weighted by molar-refractivity contribution is 0.673. The molecule has 0 N–H and O–H groups in total. The molecule has 2 atom stereocenters. The second-order valence-corrected chi connectivity index (χ2v) is 7.56. The minimum atomic E-state index is -2.51. The van der Waals surface area contributed by atoms with Crippen LogP contribution in [0.3, 0.4) is 0 Å². The molecular formula is C13H16N4OS2. The maximum absolute atomic E-state index is 12.8. The Kier molecular flexibility index (Phi) is 4.29. The zero-order valence-corrected chi connectivity index (χ0v) is 13.2. The van der Waals surface area contributed by atoms with Crippen LogP contribution in [0.2, 0.25) is 0 Å². The first-order valence-electron chi connectivity index (χ1n) is 6.06. The number of hydrogen-bond acceptors (Lipinski definition) is 4. The van der Waals surface area contributed by atoms with Crippen molar-refractivity contribution in [2.24, 2.45) is 4.36 Å². The molecule has 0 aromatic carbocycles. The van der Waals surface area contributed by atoms with Gasteiger partial charge in [-0.25, -0.2) is 9.19 Å². The van der Waals surface area contributed by atoms with Gasteiger partial charge in [0.1, 0.15) is 6.33 Å². The number of aryl methyl sites for hydroxylation is 1. The minimum absolute atomic E-state index is 0.252. The zero-order valence-electron chi connectivity index (χ0n) is 11.6. The van der Waals surface area contributed by atoms with Gasteiger partial charge in [-0.3, -0.25) is 9.55 Å². The second-order valence-electron chi connectivity index (χ2n) is 4.58. The normalized spacial score (nSPS) is 15.3. The number of thiocarbonyl (C=S) groups is 1. The van der Waals surface area contributed by atoms with E-state index in [1.165, 1.54) is 0 Å². The Labute approximate surface area is 124 Å². The van der Waals surface area contributed by atoms with Crippen LogP contribution < -0.4 is 0 Å². The molecule has 2 rings (SSSR count). The van der Waals surface area contributed by atoms with Crippen molar-refractivity contribution >= 4 is 27.1 Å². The summed E-state index contributed by atoms with van der Waals surface area (Å²) in [7, 11) is -2.51. The highest BCUT2D eigenvalue weighted by Gasteiger charge is 2.17. The molecule has 20 heavy (non-hydrogen) atoms. The standard InChI is InChI=1S/C13H16N4OS2/c1-10-4-5-12(8-15-10)11(2)20(3,18)16-13(19)17-7-6-14-9-17/h4-9,11H,1-3H3. The summed E-state index contributed by atoms with van der Waals surface area (Å²) in [6.07, 6.45) is 8.17. The van der Waals surface area contributed by atoms with Crippen LogP contribution in [-0.4, -0.2) is 30.1 Å². The smallest absolute Gasteiger partial charge is 0.213 e. The fourth-order valence-corrected chi connectivity index (χ4v) is 3.38. The average molecular weight is 308 g/mol. The van der Waals surface area contributed by atoms with Gasteiger partial charge in [0.15, 0.2) is 0 Å². The summed E-state index contributed by atoms with van der Waals surface area (Å²) >= 11 is 5.17. The van der Waals surface area contributed by atoms with Gasteiger partial charge < -0.3 is 0 Å². The topological polar surface area (TPSA) is 60.1 Å². The first-order valence-corrected chi connectivity index (χ1v) is 8.45. The summed E-state index contributed by atoms with van der Waals surface area (Å²) in [6.45, 7) is 3.78. The lowest BCUT2D eigenvalue weighted by Crippen LogP contribution is -2.13.